The zero-order valence-corrected chi connectivity index (χ0v) is 27.0. The predicted molar refractivity (Wildman–Crippen MR) is 170 cm³/mol. The van der Waals surface area contributed by atoms with Crippen LogP contribution in [-0.2, 0) is 26.2 Å². The van der Waals surface area contributed by atoms with Crippen molar-refractivity contribution < 1.29 is 22.7 Å². The number of rotatable bonds is 12. The monoisotopic (exact) mass is 665 g/mol. The molecule has 0 aliphatic heterocycles. The highest BCUT2D eigenvalue weighted by Crippen LogP contribution is 2.30. The van der Waals surface area contributed by atoms with E-state index in [1.54, 1.807) is 49.4 Å². The molecule has 1 saturated carbocycles. The van der Waals surface area contributed by atoms with Crippen LogP contribution in [0.4, 0.5) is 5.69 Å². The largest absolute Gasteiger partial charge is 0.494 e. The maximum atomic E-state index is 14.1. The molecule has 1 aliphatic carbocycles. The average molecular weight is 667 g/mol. The fourth-order valence-electron chi connectivity index (χ4n) is 4.97. The molecule has 0 radical (unpaired) electrons. The summed E-state index contributed by atoms with van der Waals surface area (Å²) < 4.78 is 34.5. The molecule has 8 nitrogen and oxygen atoms in total. The number of carbonyl (C=O) groups is 2. The fraction of sp³-hybridized carbons (Fsp3) is 0.355. The third kappa shape index (κ3) is 8.15. The van der Waals surface area contributed by atoms with Crippen molar-refractivity contribution in [3.63, 3.8) is 0 Å². The van der Waals surface area contributed by atoms with E-state index in [-0.39, 0.29) is 29.1 Å². The third-order valence-corrected chi connectivity index (χ3v) is 10.1. The second-order valence-corrected chi connectivity index (χ2v) is 13.4. The maximum absolute atomic E-state index is 14.1. The second kappa shape index (κ2) is 14.7. The van der Waals surface area contributed by atoms with Crippen molar-refractivity contribution in [1.29, 1.82) is 0 Å². The SMILES string of the molecule is CCOc1ccc(N(CC(=O)N(Cc2c(Cl)cccc2Cl)[C@H](C)C(=O)NC2CCCC2)S(=O)(=O)c2ccc(Cl)cc2)cc1. The van der Waals surface area contributed by atoms with Crippen LogP contribution < -0.4 is 14.4 Å². The summed E-state index contributed by atoms with van der Waals surface area (Å²) in [7, 11) is -4.24. The Balaban J connectivity index is 1.72. The first-order valence-corrected chi connectivity index (χ1v) is 16.6. The summed E-state index contributed by atoms with van der Waals surface area (Å²) in [6.07, 6.45) is 3.79. The van der Waals surface area contributed by atoms with Crippen LogP contribution in [0, 0.1) is 0 Å². The molecule has 0 unspecified atom stereocenters. The van der Waals surface area contributed by atoms with Gasteiger partial charge >= 0.3 is 0 Å². The van der Waals surface area contributed by atoms with Gasteiger partial charge in [-0.2, -0.15) is 0 Å². The third-order valence-electron chi connectivity index (χ3n) is 7.38. The molecule has 0 aromatic heterocycles. The van der Waals surface area contributed by atoms with Gasteiger partial charge in [-0.1, -0.05) is 53.7 Å². The number of benzene rings is 3. The van der Waals surface area contributed by atoms with Crippen molar-refractivity contribution in [3.8, 4) is 5.75 Å². The molecular formula is C31H34Cl3N3O5S. The standard InChI is InChI=1S/C31H34Cl3N3O5S/c1-3-42-25-15-13-24(14-16-25)37(43(40,41)26-17-11-22(32)12-18-26)20-30(38)36(19-27-28(33)9-6-10-29(27)34)21(2)31(39)35-23-7-4-5-8-23/h6,9-18,21,23H,3-5,7-8,19-20H2,1-2H3,(H,35,39)/t21-/m1/s1. The van der Waals surface area contributed by atoms with Crippen LogP contribution in [-0.4, -0.2) is 50.4 Å². The zero-order valence-electron chi connectivity index (χ0n) is 23.9. The molecule has 1 N–H and O–H groups in total. The van der Waals surface area contributed by atoms with Crippen LogP contribution in [0.2, 0.25) is 15.1 Å². The van der Waals surface area contributed by atoms with Crippen molar-refractivity contribution in [3.05, 3.63) is 87.4 Å². The zero-order chi connectivity index (χ0) is 31.1. The van der Waals surface area contributed by atoms with Crippen LogP contribution >= 0.6 is 34.8 Å². The van der Waals surface area contributed by atoms with E-state index in [1.165, 1.54) is 29.2 Å². The molecule has 0 bridgehead atoms. The van der Waals surface area contributed by atoms with Crippen LogP contribution in [0.5, 0.6) is 5.75 Å². The van der Waals surface area contributed by atoms with Gasteiger partial charge in [0.2, 0.25) is 11.8 Å². The van der Waals surface area contributed by atoms with Gasteiger partial charge in [0.1, 0.15) is 18.3 Å². The number of amides is 2. The second-order valence-electron chi connectivity index (χ2n) is 10.3. The number of carbonyl (C=O) groups excluding carboxylic acids is 2. The normalized spacial score (nSPS) is 14.3. The number of ether oxygens (including phenoxy) is 1. The van der Waals surface area contributed by atoms with Crippen molar-refractivity contribution in [2.24, 2.45) is 0 Å². The summed E-state index contributed by atoms with van der Waals surface area (Å²) >= 11 is 18.9. The molecule has 0 spiro atoms. The van der Waals surface area contributed by atoms with Gasteiger partial charge in [0.15, 0.2) is 0 Å². The number of nitrogens with one attached hydrogen (secondary N) is 1. The Bertz CT molecular complexity index is 1510. The highest BCUT2D eigenvalue weighted by molar-refractivity contribution is 7.92. The number of anilines is 1. The van der Waals surface area contributed by atoms with Gasteiger partial charge in [-0.25, -0.2) is 8.42 Å². The molecule has 3 aromatic rings. The molecular weight excluding hydrogens is 633 g/mol. The van der Waals surface area contributed by atoms with Crippen LogP contribution in [0.3, 0.4) is 0 Å². The molecule has 3 aromatic carbocycles. The first kappa shape index (κ1) is 32.9. The minimum atomic E-state index is -4.24. The van der Waals surface area contributed by atoms with E-state index in [0.29, 0.717) is 33.0 Å². The highest BCUT2D eigenvalue weighted by Gasteiger charge is 2.34. The van der Waals surface area contributed by atoms with Gasteiger partial charge in [-0.15, -0.1) is 0 Å². The molecule has 2 amide bonds. The van der Waals surface area contributed by atoms with E-state index < -0.39 is 28.5 Å². The minimum absolute atomic E-state index is 0.0291. The van der Waals surface area contributed by atoms with Crippen molar-refractivity contribution in [2.45, 2.75) is 63.1 Å². The molecule has 4 rings (SSSR count). The Labute approximate surface area is 267 Å². The van der Waals surface area contributed by atoms with Gasteiger partial charge < -0.3 is 15.0 Å². The lowest BCUT2D eigenvalue weighted by Crippen LogP contribution is -2.52. The predicted octanol–water partition coefficient (Wildman–Crippen LogP) is 6.72. The lowest BCUT2D eigenvalue weighted by atomic mass is 10.1. The summed E-state index contributed by atoms with van der Waals surface area (Å²) in [5.41, 5.74) is 0.693. The van der Waals surface area contributed by atoms with E-state index in [9.17, 15) is 18.0 Å². The molecule has 12 heteroatoms. The first-order valence-electron chi connectivity index (χ1n) is 14.0. The number of sulfonamides is 1. The van der Waals surface area contributed by atoms with E-state index in [1.807, 2.05) is 6.92 Å². The minimum Gasteiger partial charge on any atom is -0.494 e. The Morgan fingerprint density at radius 3 is 2.14 bits per heavy atom. The van der Waals surface area contributed by atoms with Crippen molar-refractivity contribution >= 4 is 62.3 Å². The Hall–Kier alpha value is -2.98. The molecule has 0 heterocycles. The number of halogens is 3. The number of hydrogen-bond donors (Lipinski definition) is 1. The van der Waals surface area contributed by atoms with Crippen molar-refractivity contribution in [1.82, 2.24) is 10.2 Å². The lowest BCUT2D eigenvalue weighted by molar-refractivity contribution is -0.139. The summed E-state index contributed by atoms with van der Waals surface area (Å²) in [5, 5.41) is 4.05. The Kier molecular flexibility index (Phi) is 11.2. The number of nitrogens with zero attached hydrogens (tertiary/aromatic N) is 2. The van der Waals surface area contributed by atoms with Crippen LogP contribution in [0.25, 0.3) is 0 Å². The average Bonchev–Trinajstić information content (AvgIpc) is 3.49. The molecule has 1 aliphatic rings. The summed E-state index contributed by atoms with van der Waals surface area (Å²) in [6.45, 7) is 3.19. The highest BCUT2D eigenvalue weighted by atomic mass is 35.5. The smallest absolute Gasteiger partial charge is 0.264 e. The van der Waals surface area contributed by atoms with E-state index in [2.05, 4.69) is 5.32 Å². The fourth-order valence-corrected chi connectivity index (χ4v) is 7.02. The Morgan fingerprint density at radius 1 is 0.953 bits per heavy atom. The lowest BCUT2D eigenvalue weighted by Gasteiger charge is -2.33. The Morgan fingerprint density at radius 2 is 1.56 bits per heavy atom. The molecule has 1 fully saturated rings. The van der Waals surface area contributed by atoms with Crippen LogP contribution in [0.15, 0.2) is 71.6 Å². The van der Waals surface area contributed by atoms with Crippen molar-refractivity contribution in [2.75, 3.05) is 17.5 Å². The molecule has 43 heavy (non-hydrogen) atoms. The van der Waals surface area contributed by atoms with E-state index >= 15 is 0 Å². The molecule has 0 saturated heterocycles. The van der Waals surface area contributed by atoms with E-state index in [0.717, 1.165) is 30.0 Å². The summed E-state index contributed by atoms with van der Waals surface area (Å²) in [4.78, 5) is 28.8. The quantitative estimate of drug-likeness (QED) is 0.232. The van der Waals surface area contributed by atoms with Crippen LogP contribution in [0.1, 0.15) is 45.1 Å². The van der Waals surface area contributed by atoms with Gasteiger partial charge in [0.25, 0.3) is 10.0 Å². The maximum Gasteiger partial charge on any atom is 0.264 e. The topological polar surface area (TPSA) is 96.0 Å². The summed E-state index contributed by atoms with van der Waals surface area (Å²) in [5.74, 6) is -0.401. The van der Waals surface area contributed by atoms with Gasteiger partial charge in [-0.05, 0) is 87.4 Å². The first-order chi connectivity index (χ1) is 20.5. The number of hydrogen-bond acceptors (Lipinski definition) is 5. The molecule has 230 valence electrons. The van der Waals surface area contributed by atoms with Gasteiger partial charge in [0.05, 0.1) is 17.2 Å². The van der Waals surface area contributed by atoms with E-state index in [4.69, 9.17) is 39.5 Å². The van der Waals surface area contributed by atoms with Gasteiger partial charge in [-0.3, -0.25) is 13.9 Å². The molecule has 1 atom stereocenters. The summed E-state index contributed by atoms with van der Waals surface area (Å²) in [6, 6.07) is 16.1. The van der Waals surface area contributed by atoms with Gasteiger partial charge in [0, 0.05) is 33.2 Å².